The van der Waals surface area contributed by atoms with Crippen molar-refractivity contribution in [3.63, 3.8) is 0 Å². The molecule has 0 saturated carbocycles. The van der Waals surface area contributed by atoms with E-state index in [-0.39, 0.29) is 6.10 Å². The molecule has 25 heavy (non-hydrogen) atoms. The second kappa shape index (κ2) is 10.8. The second-order valence-corrected chi connectivity index (χ2v) is 13.0. The summed E-state index contributed by atoms with van der Waals surface area (Å²) in [4.78, 5) is 0. The molecular weight excluding hydrogens is 324 g/mol. The normalized spacial score (nSPS) is 13.2. The maximum absolute atomic E-state index is 6.75. The molecule has 0 amide bonds. The Morgan fingerprint density at radius 1 is 0.920 bits per heavy atom. The Kier molecular flexibility index (Phi) is 9.49. The molecule has 0 aliphatic rings. The molecule has 0 aliphatic heterocycles. The van der Waals surface area contributed by atoms with Gasteiger partial charge in [-0.05, 0) is 28.6 Å². The van der Waals surface area contributed by atoms with Gasteiger partial charge >= 0.3 is 0 Å². The van der Waals surface area contributed by atoms with E-state index >= 15 is 0 Å². The molecule has 0 bridgehead atoms. The largest absolute Gasteiger partial charge is 0.403 e. The zero-order valence-electron chi connectivity index (χ0n) is 17.1. The number of hydrogen-bond donors (Lipinski definition) is 0. The highest BCUT2D eigenvalue weighted by Gasteiger charge is 2.46. The summed E-state index contributed by atoms with van der Waals surface area (Å²) in [5.74, 6) is 6.48. The Bertz CT molecular complexity index is 518. The lowest BCUT2D eigenvalue weighted by molar-refractivity contribution is 0.153. The van der Waals surface area contributed by atoms with Gasteiger partial charge in [-0.3, -0.25) is 0 Å². The SMILES string of the molecule is CC[C@@H](C#CCOCc1ccccc1)O[Si](C(C)C)(C(C)C)C(C)C. The lowest BCUT2D eigenvalue weighted by Crippen LogP contribution is -2.50. The quantitative estimate of drug-likeness (QED) is 0.297. The summed E-state index contributed by atoms with van der Waals surface area (Å²) < 4.78 is 12.4. The zero-order chi connectivity index (χ0) is 18.9. The molecule has 0 aromatic heterocycles. The van der Waals surface area contributed by atoms with Gasteiger partial charge in [-0.15, -0.1) is 0 Å². The van der Waals surface area contributed by atoms with Crippen molar-refractivity contribution in [2.24, 2.45) is 0 Å². The van der Waals surface area contributed by atoms with Crippen LogP contribution in [0.1, 0.15) is 60.5 Å². The first-order valence-corrected chi connectivity index (χ1v) is 11.8. The lowest BCUT2D eigenvalue weighted by atomic mass is 10.2. The van der Waals surface area contributed by atoms with Gasteiger partial charge in [0.15, 0.2) is 0 Å². The molecule has 0 spiro atoms. The van der Waals surface area contributed by atoms with E-state index in [1.54, 1.807) is 0 Å². The van der Waals surface area contributed by atoms with E-state index in [1.165, 1.54) is 5.56 Å². The summed E-state index contributed by atoms with van der Waals surface area (Å²) in [5.41, 5.74) is 2.92. The molecule has 1 rings (SSSR count). The molecule has 3 heteroatoms. The van der Waals surface area contributed by atoms with Crippen molar-refractivity contribution in [3.05, 3.63) is 35.9 Å². The molecule has 0 unspecified atom stereocenters. The van der Waals surface area contributed by atoms with Crippen LogP contribution in [-0.2, 0) is 15.8 Å². The van der Waals surface area contributed by atoms with Crippen molar-refractivity contribution in [2.45, 2.75) is 84.2 Å². The molecule has 0 fully saturated rings. The molecule has 1 aromatic rings. The van der Waals surface area contributed by atoms with Crippen LogP contribution in [-0.4, -0.2) is 21.0 Å². The van der Waals surface area contributed by atoms with E-state index < -0.39 is 8.32 Å². The Balaban J connectivity index is 2.66. The maximum Gasteiger partial charge on any atom is 0.202 e. The van der Waals surface area contributed by atoms with Crippen LogP contribution in [0.4, 0.5) is 0 Å². The maximum atomic E-state index is 6.75. The Morgan fingerprint density at radius 3 is 1.96 bits per heavy atom. The minimum atomic E-state index is -1.88. The third-order valence-electron chi connectivity index (χ3n) is 4.97. The number of hydrogen-bond acceptors (Lipinski definition) is 2. The summed E-state index contributed by atoms with van der Waals surface area (Å²) in [6.45, 7) is 17.1. The van der Waals surface area contributed by atoms with Gasteiger partial charge in [0, 0.05) is 0 Å². The third-order valence-corrected chi connectivity index (χ3v) is 11.1. The first-order chi connectivity index (χ1) is 11.8. The van der Waals surface area contributed by atoms with Crippen LogP contribution in [0.25, 0.3) is 0 Å². The van der Waals surface area contributed by atoms with Crippen molar-refractivity contribution in [3.8, 4) is 11.8 Å². The molecule has 1 aromatic carbocycles. The van der Waals surface area contributed by atoms with Crippen molar-refractivity contribution in [1.29, 1.82) is 0 Å². The zero-order valence-corrected chi connectivity index (χ0v) is 18.1. The van der Waals surface area contributed by atoms with Crippen LogP contribution < -0.4 is 0 Å². The minimum Gasteiger partial charge on any atom is -0.403 e. The molecule has 2 nitrogen and oxygen atoms in total. The monoisotopic (exact) mass is 360 g/mol. The van der Waals surface area contributed by atoms with Crippen LogP contribution in [0, 0.1) is 11.8 Å². The molecular formula is C22H36O2Si. The van der Waals surface area contributed by atoms with Gasteiger partial charge in [-0.25, -0.2) is 0 Å². The van der Waals surface area contributed by atoms with Gasteiger partial charge in [0.25, 0.3) is 0 Å². The van der Waals surface area contributed by atoms with Crippen molar-refractivity contribution in [2.75, 3.05) is 6.61 Å². The number of benzene rings is 1. The van der Waals surface area contributed by atoms with Crippen LogP contribution >= 0.6 is 0 Å². The van der Waals surface area contributed by atoms with Gasteiger partial charge in [-0.2, -0.15) is 0 Å². The van der Waals surface area contributed by atoms with Gasteiger partial charge < -0.3 is 9.16 Å². The Labute approximate surface area is 156 Å². The average Bonchev–Trinajstić information content (AvgIpc) is 2.57. The van der Waals surface area contributed by atoms with Gasteiger partial charge in [0.2, 0.25) is 8.32 Å². The highest BCUT2D eigenvalue weighted by atomic mass is 28.4. The van der Waals surface area contributed by atoms with E-state index in [0.29, 0.717) is 29.8 Å². The Hall–Kier alpha value is -1.08. The topological polar surface area (TPSA) is 18.5 Å². The van der Waals surface area contributed by atoms with E-state index in [1.807, 2.05) is 18.2 Å². The molecule has 140 valence electrons. The third kappa shape index (κ3) is 6.29. The second-order valence-electron chi connectivity index (χ2n) is 7.63. The summed E-state index contributed by atoms with van der Waals surface area (Å²) in [5, 5.41) is 0. The fourth-order valence-corrected chi connectivity index (χ4v) is 9.35. The predicted molar refractivity (Wildman–Crippen MR) is 110 cm³/mol. The first kappa shape index (κ1) is 22.0. The lowest BCUT2D eigenvalue weighted by Gasteiger charge is -2.43. The summed E-state index contributed by atoms with van der Waals surface area (Å²) >= 11 is 0. The van der Waals surface area contributed by atoms with Crippen LogP contribution in [0.15, 0.2) is 30.3 Å². The molecule has 0 N–H and O–H groups in total. The van der Waals surface area contributed by atoms with Crippen molar-refractivity contribution < 1.29 is 9.16 Å². The van der Waals surface area contributed by atoms with Gasteiger partial charge in [0.05, 0.1) is 6.61 Å². The van der Waals surface area contributed by atoms with E-state index in [2.05, 4.69) is 72.4 Å². The summed E-state index contributed by atoms with van der Waals surface area (Å²) in [6, 6.07) is 10.2. The standard InChI is InChI=1S/C22H36O2Si/c1-8-22(24-25(18(2)3,19(4)5)20(6)7)15-12-16-23-17-21-13-10-9-11-14-21/h9-11,13-14,18-20,22H,8,16-17H2,1-7H3/t22-/m0/s1. The predicted octanol–water partition coefficient (Wildman–Crippen LogP) is 6.18. The number of ether oxygens (including phenoxy) is 1. The Morgan fingerprint density at radius 2 is 1.48 bits per heavy atom. The fraction of sp³-hybridized carbons (Fsp3) is 0.636. The first-order valence-electron chi connectivity index (χ1n) is 9.62. The van der Waals surface area contributed by atoms with E-state index in [4.69, 9.17) is 9.16 Å². The molecule has 0 heterocycles. The highest BCUT2D eigenvalue weighted by Crippen LogP contribution is 2.43. The van der Waals surface area contributed by atoms with Crippen LogP contribution in [0.5, 0.6) is 0 Å². The molecule has 1 atom stereocenters. The number of rotatable bonds is 9. The summed E-state index contributed by atoms with van der Waals surface area (Å²) in [7, 11) is -1.88. The van der Waals surface area contributed by atoms with Gasteiger partial charge in [-0.1, -0.05) is 90.6 Å². The highest BCUT2D eigenvalue weighted by molar-refractivity contribution is 6.77. The van der Waals surface area contributed by atoms with Crippen molar-refractivity contribution in [1.82, 2.24) is 0 Å². The fourth-order valence-electron chi connectivity index (χ4n) is 3.82. The summed E-state index contributed by atoms with van der Waals surface area (Å²) in [6.07, 6.45) is 0.936. The van der Waals surface area contributed by atoms with Crippen LogP contribution in [0.3, 0.4) is 0 Å². The molecule has 0 radical (unpaired) electrons. The smallest absolute Gasteiger partial charge is 0.202 e. The van der Waals surface area contributed by atoms with E-state index in [9.17, 15) is 0 Å². The molecule has 0 aliphatic carbocycles. The van der Waals surface area contributed by atoms with Gasteiger partial charge in [0.1, 0.15) is 12.7 Å². The minimum absolute atomic E-state index is 0.0131. The van der Waals surface area contributed by atoms with E-state index in [0.717, 1.165) is 6.42 Å². The molecule has 0 saturated heterocycles. The van der Waals surface area contributed by atoms with Crippen LogP contribution in [0.2, 0.25) is 16.6 Å². The van der Waals surface area contributed by atoms with Crippen molar-refractivity contribution >= 4 is 8.32 Å². The average molecular weight is 361 g/mol.